The first kappa shape index (κ1) is 14.4. The van der Waals surface area contributed by atoms with Crippen LogP contribution in [0.15, 0.2) is 0 Å². The van der Waals surface area contributed by atoms with Crippen molar-refractivity contribution >= 4 is 17.9 Å². The van der Waals surface area contributed by atoms with Crippen molar-refractivity contribution < 1.29 is 19.4 Å². The Bertz CT molecular complexity index is 557. The molecule has 1 aromatic rings. The number of aromatic carboxylic acids is 1. The van der Waals surface area contributed by atoms with Crippen LogP contribution in [0.3, 0.4) is 0 Å². The molecule has 0 radical (unpaired) electrons. The second-order valence-electron chi connectivity index (χ2n) is 5.77. The van der Waals surface area contributed by atoms with Gasteiger partial charge in [0.2, 0.25) is 0 Å². The van der Waals surface area contributed by atoms with Gasteiger partial charge in [-0.2, -0.15) is 0 Å². The Kier molecular flexibility index (Phi) is 3.45. The Morgan fingerprint density at radius 3 is 2.50 bits per heavy atom. The van der Waals surface area contributed by atoms with Gasteiger partial charge in [-0.05, 0) is 34.1 Å². The number of imidazole rings is 1. The quantitative estimate of drug-likeness (QED) is 0.851. The minimum Gasteiger partial charge on any atom is -0.476 e. The standard InChI is InChI=1S/C13H19N3O4/c1-8-14-9(11(17)18)10-15(8)6-5-7-16(10)12(19)20-13(2,3)4/h5-7H2,1-4H3,(H,17,18). The van der Waals surface area contributed by atoms with E-state index in [4.69, 9.17) is 4.74 Å². The summed E-state index contributed by atoms with van der Waals surface area (Å²) in [4.78, 5) is 28.9. The van der Waals surface area contributed by atoms with E-state index in [2.05, 4.69) is 4.98 Å². The van der Waals surface area contributed by atoms with Crippen LogP contribution in [0.5, 0.6) is 0 Å². The van der Waals surface area contributed by atoms with E-state index in [0.29, 0.717) is 24.7 Å². The van der Waals surface area contributed by atoms with Crippen LogP contribution < -0.4 is 4.90 Å². The number of anilines is 1. The lowest BCUT2D eigenvalue weighted by molar-refractivity contribution is 0.0573. The van der Waals surface area contributed by atoms with Crippen LogP contribution >= 0.6 is 0 Å². The first-order valence-corrected chi connectivity index (χ1v) is 6.51. The zero-order chi connectivity index (χ0) is 15.1. The molecule has 1 N–H and O–H groups in total. The number of hydrogen-bond donors (Lipinski definition) is 1. The molecule has 0 unspecified atom stereocenters. The second kappa shape index (κ2) is 4.81. The smallest absolute Gasteiger partial charge is 0.416 e. The SMILES string of the molecule is Cc1nc(C(=O)O)c2n1CCCN2C(=O)OC(C)(C)C. The van der Waals surface area contributed by atoms with Crippen molar-refractivity contribution in [3.05, 3.63) is 11.5 Å². The lowest BCUT2D eigenvalue weighted by atomic mass is 10.2. The van der Waals surface area contributed by atoms with Crippen molar-refractivity contribution in [1.29, 1.82) is 0 Å². The summed E-state index contributed by atoms with van der Waals surface area (Å²) in [5.74, 6) is -0.238. The van der Waals surface area contributed by atoms with Gasteiger partial charge in [0.1, 0.15) is 11.4 Å². The predicted molar refractivity (Wildman–Crippen MR) is 72.1 cm³/mol. The van der Waals surface area contributed by atoms with E-state index in [0.717, 1.165) is 6.42 Å². The Labute approximate surface area is 117 Å². The van der Waals surface area contributed by atoms with Crippen LogP contribution in [-0.2, 0) is 11.3 Å². The monoisotopic (exact) mass is 281 g/mol. The molecule has 0 saturated heterocycles. The maximum absolute atomic E-state index is 12.2. The molecular formula is C13H19N3O4. The average Bonchev–Trinajstić information content (AvgIpc) is 2.65. The van der Waals surface area contributed by atoms with E-state index in [1.54, 1.807) is 32.3 Å². The molecule has 7 nitrogen and oxygen atoms in total. The van der Waals surface area contributed by atoms with Crippen LogP contribution in [0.4, 0.5) is 10.6 Å². The Balaban J connectivity index is 2.41. The number of carboxylic acid groups (broad SMARTS) is 1. The number of aryl methyl sites for hydroxylation is 1. The largest absolute Gasteiger partial charge is 0.476 e. The van der Waals surface area contributed by atoms with Gasteiger partial charge in [-0.1, -0.05) is 0 Å². The van der Waals surface area contributed by atoms with Crippen LogP contribution in [0.2, 0.25) is 0 Å². The highest BCUT2D eigenvalue weighted by atomic mass is 16.6. The zero-order valence-corrected chi connectivity index (χ0v) is 12.1. The van der Waals surface area contributed by atoms with E-state index >= 15 is 0 Å². The maximum atomic E-state index is 12.2. The normalized spacial score (nSPS) is 14.9. The average molecular weight is 281 g/mol. The molecule has 1 amide bonds. The van der Waals surface area contributed by atoms with Gasteiger partial charge in [0.25, 0.3) is 0 Å². The van der Waals surface area contributed by atoms with E-state index in [1.807, 2.05) is 0 Å². The highest BCUT2D eigenvalue weighted by Crippen LogP contribution is 2.28. The third-order valence-corrected chi connectivity index (χ3v) is 2.97. The zero-order valence-electron chi connectivity index (χ0n) is 12.1. The van der Waals surface area contributed by atoms with Crippen molar-refractivity contribution in [3.8, 4) is 0 Å². The predicted octanol–water partition coefficient (Wildman–Crippen LogP) is 2.03. The maximum Gasteiger partial charge on any atom is 0.416 e. The molecule has 0 fully saturated rings. The number of nitrogens with zero attached hydrogens (tertiary/aromatic N) is 3. The summed E-state index contributed by atoms with van der Waals surface area (Å²) in [6.45, 7) is 8.14. The van der Waals surface area contributed by atoms with Gasteiger partial charge in [-0.25, -0.2) is 14.6 Å². The van der Waals surface area contributed by atoms with E-state index in [-0.39, 0.29) is 5.69 Å². The number of rotatable bonds is 1. The third kappa shape index (κ3) is 2.61. The van der Waals surface area contributed by atoms with Gasteiger partial charge < -0.3 is 14.4 Å². The van der Waals surface area contributed by atoms with Crippen molar-refractivity contribution in [1.82, 2.24) is 9.55 Å². The highest BCUT2D eigenvalue weighted by Gasteiger charge is 2.33. The highest BCUT2D eigenvalue weighted by molar-refractivity contribution is 5.97. The number of carbonyl (C=O) groups is 2. The van der Waals surface area contributed by atoms with E-state index in [9.17, 15) is 14.7 Å². The number of ether oxygens (including phenoxy) is 1. The van der Waals surface area contributed by atoms with Gasteiger partial charge in [-0.3, -0.25) is 4.90 Å². The minimum absolute atomic E-state index is 0.104. The van der Waals surface area contributed by atoms with Crippen LogP contribution in [0.1, 0.15) is 43.5 Å². The van der Waals surface area contributed by atoms with Crippen LogP contribution in [0.25, 0.3) is 0 Å². The van der Waals surface area contributed by atoms with Gasteiger partial charge in [-0.15, -0.1) is 0 Å². The first-order chi connectivity index (χ1) is 9.20. The number of aromatic nitrogens is 2. The Morgan fingerprint density at radius 1 is 1.30 bits per heavy atom. The van der Waals surface area contributed by atoms with Gasteiger partial charge in [0.05, 0.1) is 0 Å². The second-order valence-corrected chi connectivity index (χ2v) is 5.77. The Morgan fingerprint density at radius 2 is 1.95 bits per heavy atom. The van der Waals surface area contributed by atoms with Crippen molar-refractivity contribution in [3.63, 3.8) is 0 Å². The molecule has 0 aliphatic carbocycles. The van der Waals surface area contributed by atoms with E-state index < -0.39 is 17.7 Å². The molecule has 0 spiro atoms. The summed E-state index contributed by atoms with van der Waals surface area (Å²) in [6, 6.07) is 0. The first-order valence-electron chi connectivity index (χ1n) is 6.51. The Hall–Kier alpha value is -2.05. The molecule has 0 bridgehead atoms. The van der Waals surface area contributed by atoms with Gasteiger partial charge in [0.15, 0.2) is 11.5 Å². The van der Waals surface area contributed by atoms with Crippen LogP contribution in [-0.4, -0.2) is 38.9 Å². The molecule has 0 aromatic carbocycles. The van der Waals surface area contributed by atoms with Crippen LogP contribution in [0, 0.1) is 6.92 Å². The summed E-state index contributed by atoms with van der Waals surface area (Å²) >= 11 is 0. The molecule has 2 rings (SSSR count). The molecule has 1 aliphatic heterocycles. The lowest BCUT2D eigenvalue weighted by Gasteiger charge is -2.31. The minimum atomic E-state index is -1.14. The summed E-state index contributed by atoms with van der Waals surface area (Å²) in [5, 5.41) is 9.23. The van der Waals surface area contributed by atoms with Gasteiger partial charge in [0, 0.05) is 13.1 Å². The molecule has 0 saturated carbocycles. The fraction of sp³-hybridized carbons (Fsp3) is 0.615. The number of amides is 1. The fourth-order valence-corrected chi connectivity index (χ4v) is 2.23. The third-order valence-electron chi connectivity index (χ3n) is 2.97. The number of carbonyl (C=O) groups excluding carboxylic acids is 1. The number of fused-ring (bicyclic) bond motifs is 1. The molecule has 1 aromatic heterocycles. The van der Waals surface area contributed by atoms with Gasteiger partial charge >= 0.3 is 12.1 Å². The topological polar surface area (TPSA) is 84.7 Å². The summed E-state index contributed by atoms with van der Waals surface area (Å²) in [7, 11) is 0. The van der Waals surface area contributed by atoms with Crippen molar-refractivity contribution in [2.75, 3.05) is 11.4 Å². The molecular weight excluding hydrogens is 262 g/mol. The molecule has 1 aliphatic rings. The molecule has 0 atom stereocenters. The molecule has 110 valence electrons. The van der Waals surface area contributed by atoms with Crippen molar-refractivity contribution in [2.24, 2.45) is 0 Å². The fourth-order valence-electron chi connectivity index (χ4n) is 2.23. The van der Waals surface area contributed by atoms with E-state index in [1.165, 1.54) is 4.90 Å². The number of carboxylic acids is 1. The summed E-state index contributed by atoms with van der Waals surface area (Å²) in [5.41, 5.74) is -0.731. The van der Waals surface area contributed by atoms with Crippen molar-refractivity contribution in [2.45, 2.75) is 46.3 Å². The molecule has 20 heavy (non-hydrogen) atoms. The number of hydrogen-bond acceptors (Lipinski definition) is 4. The molecule has 2 heterocycles. The lowest BCUT2D eigenvalue weighted by Crippen LogP contribution is -2.41. The summed E-state index contributed by atoms with van der Waals surface area (Å²) < 4.78 is 7.08. The molecule has 7 heteroatoms. The summed E-state index contributed by atoms with van der Waals surface area (Å²) in [6.07, 6.45) is 0.198.